The maximum absolute atomic E-state index is 14.1. The highest BCUT2D eigenvalue weighted by molar-refractivity contribution is 6.15. The summed E-state index contributed by atoms with van der Waals surface area (Å²) in [5.41, 5.74) is 2.47. The summed E-state index contributed by atoms with van der Waals surface area (Å²) < 4.78 is 0. The second-order valence-electron chi connectivity index (χ2n) is 11.3. The van der Waals surface area contributed by atoms with E-state index in [0.717, 1.165) is 28.1 Å². The number of benzene rings is 1. The van der Waals surface area contributed by atoms with E-state index in [-0.39, 0.29) is 35.5 Å². The maximum atomic E-state index is 14.1. The smallest absolute Gasteiger partial charge is 0.235 e. The molecular formula is C32H36N2O4. The molecule has 0 saturated carbocycles. The maximum Gasteiger partial charge on any atom is 0.235 e. The van der Waals surface area contributed by atoms with Gasteiger partial charge >= 0.3 is 0 Å². The first-order chi connectivity index (χ1) is 18.1. The van der Waals surface area contributed by atoms with Gasteiger partial charge in [-0.1, -0.05) is 61.9 Å². The van der Waals surface area contributed by atoms with Crippen molar-refractivity contribution in [2.45, 2.75) is 52.7 Å². The number of carbonyl (C=O) groups excluding carboxylic acids is 3. The normalized spacial score (nSPS) is 37.0. The van der Waals surface area contributed by atoms with Crippen molar-refractivity contribution in [1.82, 2.24) is 10.3 Å². The summed E-state index contributed by atoms with van der Waals surface area (Å²) in [5, 5.41) is 14.8. The molecule has 2 aliphatic carbocycles. The van der Waals surface area contributed by atoms with Crippen LogP contribution in [0, 0.1) is 29.1 Å². The van der Waals surface area contributed by atoms with Gasteiger partial charge in [-0.2, -0.15) is 0 Å². The van der Waals surface area contributed by atoms with Crippen LogP contribution >= 0.6 is 0 Å². The van der Waals surface area contributed by atoms with Crippen LogP contribution in [0.5, 0.6) is 0 Å². The number of aliphatic hydroxyl groups is 1. The van der Waals surface area contributed by atoms with E-state index in [2.05, 4.69) is 36.3 Å². The largest absolute Gasteiger partial charge is 0.381 e. The van der Waals surface area contributed by atoms with E-state index < -0.39 is 23.2 Å². The zero-order chi connectivity index (χ0) is 27.2. The molecule has 5 rings (SSSR count). The van der Waals surface area contributed by atoms with Gasteiger partial charge in [0.25, 0.3) is 0 Å². The third-order valence-corrected chi connectivity index (χ3v) is 8.90. The van der Waals surface area contributed by atoms with E-state index in [1.807, 2.05) is 49.5 Å². The van der Waals surface area contributed by atoms with Gasteiger partial charge in [-0.15, -0.1) is 0 Å². The lowest BCUT2D eigenvalue weighted by atomic mass is 9.55. The second-order valence-corrected chi connectivity index (χ2v) is 11.3. The van der Waals surface area contributed by atoms with Crippen molar-refractivity contribution in [2.75, 3.05) is 0 Å². The number of para-hydroxylation sites is 1. The van der Waals surface area contributed by atoms with Crippen molar-refractivity contribution in [3.8, 4) is 0 Å². The molecule has 6 heteroatoms. The average Bonchev–Trinajstić information content (AvgIpc) is 3.43. The van der Waals surface area contributed by atoms with Crippen molar-refractivity contribution in [2.24, 2.45) is 29.1 Å². The summed E-state index contributed by atoms with van der Waals surface area (Å²) in [6.07, 6.45) is 12.3. The molecule has 3 aliphatic rings. The van der Waals surface area contributed by atoms with Gasteiger partial charge in [0.15, 0.2) is 11.6 Å². The summed E-state index contributed by atoms with van der Waals surface area (Å²) in [5.74, 6) is -1.92. The van der Waals surface area contributed by atoms with Crippen molar-refractivity contribution in [1.29, 1.82) is 0 Å². The predicted octanol–water partition coefficient (Wildman–Crippen LogP) is 4.62. The van der Waals surface area contributed by atoms with Gasteiger partial charge in [0.1, 0.15) is 11.5 Å². The molecule has 1 aromatic carbocycles. The number of allylic oxidation sites excluding steroid dienone is 6. The summed E-state index contributed by atoms with van der Waals surface area (Å²) in [4.78, 5) is 44.2. The zero-order valence-corrected chi connectivity index (χ0v) is 22.4. The van der Waals surface area contributed by atoms with E-state index in [1.165, 1.54) is 6.08 Å². The molecule has 1 fully saturated rings. The average molecular weight is 513 g/mol. The standard InChI is InChI=1S/C32H36N2O4/c1-18-8-7-9-23-15-19(2)21(4)29-26(16-22-17-33-25-11-6-5-10-24(22)25)34-31(38)32(23,29)28(36)13-12-27(35)30(37)20(3)14-18/h5-7,9-15,17-18,21,23,26,29-30,33,37H,8,16H2,1-4H3,(H,34,38)/b9-7+,13-12+,20-14-. The molecule has 1 amide bonds. The quantitative estimate of drug-likeness (QED) is 0.404. The Balaban J connectivity index is 1.61. The van der Waals surface area contributed by atoms with E-state index >= 15 is 0 Å². The number of aromatic amines is 1. The molecule has 38 heavy (non-hydrogen) atoms. The molecule has 2 heterocycles. The van der Waals surface area contributed by atoms with Crippen LogP contribution in [0.15, 0.2) is 78.1 Å². The van der Waals surface area contributed by atoms with Gasteiger partial charge in [0.05, 0.1) is 0 Å². The first-order valence-corrected chi connectivity index (χ1v) is 13.5. The summed E-state index contributed by atoms with van der Waals surface area (Å²) >= 11 is 0. The number of ketones is 2. The Morgan fingerprint density at radius 2 is 1.79 bits per heavy atom. The minimum Gasteiger partial charge on any atom is -0.381 e. The lowest BCUT2D eigenvalue weighted by Gasteiger charge is -2.44. The zero-order valence-electron chi connectivity index (χ0n) is 22.4. The molecule has 6 nitrogen and oxygen atoms in total. The molecular weight excluding hydrogens is 476 g/mol. The van der Waals surface area contributed by atoms with E-state index in [4.69, 9.17) is 0 Å². The van der Waals surface area contributed by atoms with Crippen LogP contribution in [0.3, 0.4) is 0 Å². The van der Waals surface area contributed by atoms with Gasteiger partial charge in [-0.05, 0) is 67.9 Å². The SMILES string of the molecule is CC1=CC2/C=C/CC(C)/C=C(/C)C(O)C(=O)/C=C/C(=O)C23C(=O)NC(Cc2c[nH]c4ccccc24)C3C1C. The highest BCUT2D eigenvalue weighted by Crippen LogP contribution is 2.54. The Kier molecular flexibility index (Phi) is 6.86. The van der Waals surface area contributed by atoms with Crippen LogP contribution in [0.2, 0.25) is 0 Å². The molecule has 0 bridgehead atoms. The third kappa shape index (κ3) is 4.21. The van der Waals surface area contributed by atoms with Gasteiger partial charge in [0.2, 0.25) is 5.91 Å². The Morgan fingerprint density at radius 3 is 2.58 bits per heavy atom. The number of fused-ring (bicyclic) bond motifs is 1. The van der Waals surface area contributed by atoms with Crippen LogP contribution in [0.25, 0.3) is 10.9 Å². The number of rotatable bonds is 2. The minimum atomic E-state index is -1.37. The fourth-order valence-electron chi connectivity index (χ4n) is 6.83. The van der Waals surface area contributed by atoms with Crippen LogP contribution in [0.4, 0.5) is 0 Å². The lowest BCUT2D eigenvalue weighted by molar-refractivity contribution is -0.142. The Hall–Kier alpha value is -3.51. The molecule has 1 aliphatic heterocycles. The lowest BCUT2D eigenvalue weighted by Crippen LogP contribution is -2.51. The van der Waals surface area contributed by atoms with Crippen LogP contribution in [-0.2, 0) is 20.8 Å². The van der Waals surface area contributed by atoms with Crippen molar-refractivity contribution in [3.63, 3.8) is 0 Å². The number of aromatic nitrogens is 1. The van der Waals surface area contributed by atoms with Crippen molar-refractivity contribution in [3.05, 3.63) is 83.6 Å². The first-order valence-electron chi connectivity index (χ1n) is 13.5. The molecule has 0 radical (unpaired) electrons. The van der Waals surface area contributed by atoms with Gasteiger partial charge in [0, 0.05) is 35.0 Å². The molecule has 7 atom stereocenters. The third-order valence-electron chi connectivity index (χ3n) is 8.90. The Labute approximate surface area is 223 Å². The topological polar surface area (TPSA) is 99.3 Å². The number of aliphatic hydroxyl groups excluding tert-OH is 1. The number of H-pyrrole nitrogens is 1. The van der Waals surface area contributed by atoms with E-state index in [0.29, 0.717) is 18.4 Å². The molecule has 1 aromatic heterocycles. The van der Waals surface area contributed by atoms with Crippen LogP contribution in [0.1, 0.15) is 39.7 Å². The van der Waals surface area contributed by atoms with Crippen LogP contribution < -0.4 is 5.32 Å². The van der Waals surface area contributed by atoms with E-state index in [9.17, 15) is 19.5 Å². The van der Waals surface area contributed by atoms with Gasteiger partial charge in [-0.25, -0.2) is 0 Å². The van der Waals surface area contributed by atoms with E-state index in [1.54, 1.807) is 6.92 Å². The Morgan fingerprint density at radius 1 is 1.03 bits per heavy atom. The first kappa shape index (κ1) is 26.1. The predicted molar refractivity (Wildman–Crippen MR) is 148 cm³/mol. The van der Waals surface area contributed by atoms with Crippen LogP contribution in [-0.4, -0.2) is 39.7 Å². The Bertz CT molecular complexity index is 1410. The summed E-state index contributed by atoms with van der Waals surface area (Å²) in [7, 11) is 0. The van der Waals surface area contributed by atoms with Gasteiger partial charge in [-0.3, -0.25) is 14.4 Å². The highest BCUT2D eigenvalue weighted by atomic mass is 16.3. The number of hydrogen-bond acceptors (Lipinski definition) is 4. The molecule has 3 N–H and O–H groups in total. The summed E-state index contributed by atoms with van der Waals surface area (Å²) in [6.45, 7) is 7.90. The van der Waals surface area contributed by atoms with Gasteiger partial charge < -0.3 is 15.4 Å². The number of carbonyl (C=O) groups is 3. The highest BCUT2D eigenvalue weighted by Gasteiger charge is 2.64. The van der Waals surface area contributed by atoms with Crippen molar-refractivity contribution < 1.29 is 19.5 Å². The minimum absolute atomic E-state index is 0.0223. The fourth-order valence-corrected chi connectivity index (χ4v) is 6.83. The summed E-state index contributed by atoms with van der Waals surface area (Å²) in [6, 6.07) is 7.82. The number of amides is 1. The molecule has 1 saturated heterocycles. The molecule has 1 spiro atoms. The second kappa shape index (κ2) is 9.99. The van der Waals surface area contributed by atoms with Crippen molar-refractivity contribution >= 4 is 28.4 Å². The molecule has 2 aromatic rings. The number of nitrogens with one attached hydrogen (secondary N) is 2. The molecule has 198 valence electrons. The molecule has 7 unspecified atom stereocenters. The number of hydrogen-bond donors (Lipinski definition) is 3. The fraction of sp³-hybridized carbons (Fsp3) is 0.406. The monoisotopic (exact) mass is 512 g/mol.